The number of aliphatic hydroxyl groups is 1. The summed E-state index contributed by atoms with van der Waals surface area (Å²) in [5.41, 5.74) is 1.49. The molecule has 0 spiro atoms. The van der Waals surface area contributed by atoms with Crippen LogP contribution in [0.3, 0.4) is 0 Å². The van der Waals surface area contributed by atoms with Gasteiger partial charge in [0.25, 0.3) is 0 Å². The zero-order chi connectivity index (χ0) is 14.2. The van der Waals surface area contributed by atoms with Crippen molar-refractivity contribution in [2.24, 2.45) is 7.05 Å². The van der Waals surface area contributed by atoms with Crippen molar-refractivity contribution in [1.82, 2.24) is 9.78 Å². The molecule has 0 aliphatic heterocycles. The fourth-order valence-electron chi connectivity index (χ4n) is 1.94. The first-order valence-corrected chi connectivity index (χ1v) is 5.70. The fourth-order valence-corrected chi connectivity index (χ4v) is 1.94. The molecule has 0 aliphatic carbocycles. The van der Waals surface area contributed by atoms with Crippen molar-refractivity contribution in [3.05, 3.63) is 52.6 Å². The van der Waals surface area contributed by atoms with Crippen molar-refractivity contribution in [3.8, 4) is 0 Å². The van der Waals surface area contributed by atoms with Gasteiger partial charge in [0.15, 0.2) is 17.5 Å². The molecule has 2 rings (SSSR count). The Morgan fingerprint density at radius 3 is 2.26 bits per heavy atom. The van der Waals surface area contributed by atoms with Gasteiger partial charge in [-0.15, -0.1) is 0 Å². The molecule has 1 aromatic heterocycles. The van der Waals surface area contributed by atoms with Crippen LogP contribution < -0.4 is 0 Å². The molecule has 1 aromatic carbocycles. The van der Waals surface area contributed by atoms with Gasteiger partial charge in [-0.05, 0) is 30.7 Å². The Labute approximate surface area is 108 Å². The average molecular weight is 270 g/mol. The minimum absolute atomic E-state index is 0.00440. The molecule has 0 radical (unpaired) electrons. The van der Waals surface area contributed by atoms with E-state index in [1.165, 1.54) is 0 Å². The van der Waals surface area contributed by atoms with E-state index in [0.29, 0.717) is 0 Å². The zero-order valence-corrected chi connectivity index (χ0v) is 10.5. The SMILES string of the molecule is Cc1cc(CC(O)c2cc(F)c(F)c(F)c2)n(C)n1. The van der Waals surface area contributed by atoms with E-state index < -0.39 is 23.6 Å². The summed E-state index contributed by atoms with van der Waals surface area (Å²) in [5.74, 6) is -4.15. The van der Waals surface area contributed by atoms with E-state index in [2.05, 4.69) is 5.10 Å². The molecule has 3 nitrogen and oxygen atoms in total. The van der Waals surface area contributed by atoms with E-state index >= 15 is 0 Å². The number of nitrogens with zero attached hydrogens (tertiary/aromatic N) is 2. The van der Waals surface area contributed by atoms with Crippen LogP contribution in [0, 0.1) is 24.4 Å². The molecule has 1 heterocycles. The van der Waals surface area contributed by atoms with Gasteiger partial charge in [0.05, 0.1) is 11.8 Å². The number of rotatable bonds is 3. The molecule has 0 aliphatic rings. The monoisotopic (exact) mass is 270 g/mol. The predicted molar refractivity (Wildman–Crippen MR) is 62.9 cm³/mol. The van der Waals surface area contributed by atoms with Crippen molar-refractivity contribution >= 4 is 0 Å². The lowest BCUT2D eigenvalue weighted by Crippen LogP contribution is -2.08. The van der Waals surface area contributed by atoms with Gasteiger partial charge in [-0.1, -0.05) is 0 Å². The summed E-state index contributed by atoms with van der Waals surface area (Å²) in [5, 5.41) is 14.1. The van der Waals surface area contributed by atoms with Gasteiger partial charge in [-0.3, -0.25) is 4.68 Å². The summed E-state index contributed by atoms with van der Waals surface area (Å²) in [7, 11) is 1.71. The van der Waals surface area contributed by atoms with E-state index in [4.69, 9.17) is 0 Å². The molecule has 1 N–H and O–H groups in total. The van der Waals surface area contributed by atoms with Crippen LogP contribution >= 0.6 is 0 Å². The summed E-state index contributed by atoms with van der Waals surface area (Å²) in [6, 6.07) is 3.36. The highest BCUT2D eigenvalue weighted by Gasteiger charge is 2.17. The van der Waals surface area contributed by atoms with E-state index in [-0.39, 0.29) is 12.0 Å². The molecule has 1 atom stereocenters. The van der Waals surface area contributed by atoms with E-state index in [0.717, 1.165) is 23.5 Å². The molecule has 2 aromatic rings. The molecule has 0 fully saturated rings. The number of halogens is 3. The maximum atomic E-state index is 13.1. The van der Waals surface area contributed by atoms with Crippen LogP contribution in [0.25, 0.3) is 0 Å². The normalized spacial score (nSPS) is 12.7. The minimum Gasteiger partial charge on any atom is -0.388 e. The topological polar surface area (TPSA) is 38.0 Å². The second-order valence-electron chi connectivity index (χ2n) is 4.42. The van der Waals surface area contributed by atoms with Crippen LogP contribution in [0.1, 0.15) is 23.1 Å². The Bertz CT molecular complexity index is 587. The lowest BCUT2D eigenvalue weighted by atomic mass is 10.0. The quantitative estimate of drug-likeness (QED) is 0.870. The summed E-state index contributed by atoms with van der Waals surface area (Å²) in [4.78, 5) is 0. The third-order valence-corrected chi connectivity index (χ3v) is 2.89. The molecule has 0 amide bonds. The van der Waals surface area contributed by atoms with Crippen LogP contribution in [0.2, 0.25) is 0 Å². The molecule has 1 unspecified atom stereocenters. The maximum Gasteiger partial charge on any atom is 0.194 e. The van der Waals surface area contributed by atoms with Crippen LogP contribution in [0.4, 0.5) is 13.2 Å². The number of aromatic nitrogens is 2. The highest BCUT2D eigenvalue weighted by atomic mass is 19.2. The highest BCUT2D eigenvalue weighted by molar-refractivity contribution is 5.23. The molecule has 19 heavy (non-hydrogen) atoms. The Hall–Kier alpha value is -1.82. The molecule has 0 saturated carbocycles. The van der Waals surface area contributed by atoms with Crippen molar-refractivity contribution in [3.63, 3.8) is 0 Å². The van der Waals surface area contributed by atoms with Gasteiger partial charge >= 0.3 is 0 Å². The van der Waals surface area contributed by atoms with Gasteiger partial charge in [-0.2, -0.15) is 5.10 Å². The summed E-state index contributed by atoms with van der Waals surface area (Å²) >= 11 is 0. The van der Waals surface area contributed by atoms with Crippen molar-refractivity contribution in [1.29, 1.82) is 0 Å². The van der Waals surface area contributed by atoms with E-state index in [1.54, 1.807) is 24.7 Å². The Kier molecular flexibility index (Phi) is 3.61. The highest BCUT2D eigenvalue weighted by Crippen LogP contribution is 2.22. The average Bonchev–Trinajstić information content (AvgIpc) is 2.64. The number of aliphatic hydroxyl groups excluding tert-OH is 1. The predicted octanol–water partition coefficient (Wildman–Crippen LogP) is 2.42. The molecule has 102 valence electrons. The smallest absolute Gasteiger partial charge is 0.194 e. The molecular formula is C13H13F3N2O. The maximum absolute atomic E-state index is 13.1. The van der Waals surface area contributed by atoms with Crippen LogP contribution in [-0.2, 0) is 13.5 Å². The zero-order valence-electron chi connectivity index (χ0n) is 10.5. The first-order valence-electron chi connectivity index (χ1n) is 5.70. The first kappa shape index (κ1) is 13.6. The van der Waals surface area contributed by atoms with Crippen molar-refractivity contribution in [2.75, 3.05) is 0 Å². The van der Waals surface area contributed by atoms with Gasteiger partial charge in [0, 0.05) is 19.2 Å². The fraction of sp³-hybridized carbons (Fsp3) is 0.308. The number of hydrogen-bond donors (Lipinski definition) is 1. The van der Waals surface area contributed by atoms with Crippen LogP contribution in [0.5, 0.6) is 0 Å². The molecular weight excluding hydrogens is 257 g/mol. The number of hydrogen-bond acceptors (Lipinski definition) is 2. The van der Waals surface area contributed by atoms with Gasteiger partial charge < -0.3 is 5.11 Å². The standard InChI is InChI=1S/C13H13F3N2O/c1-7-3-9(18(2)17-7)6-12(19)8-4-10(14)13(16)11(15)5-8/h3-5,12,19H,6H2,1-2H3. The molecule has 0 saturated heterocycles. The third kappa shape index (κ3) is 2.78. The minimum atomic E-state index is -1.53. The molecule has 6 heteroatoms. The number of benzene rings is 1. The van der Waals surface area contributed by atoms with Gasteiger partial charge in [0.1, 0.15) is 0 Å². The number of aryl methyl sites for hydroxylation is 2. The Morgan fingerprint density at radius 1 is 1.21 bits per heavy atom. The lowest BCUT2D eigenvalue weighted by molar-refractivity contribution is 0.174. The van der Waals surface area contributed by atoms with Gasteiger partial charge in [0.2, 0.25) is 0 Å². The van der Waals surface area contributed by atoms with Crippen molar-refractivity contribution < 1.29 is 18.3 Å². The van der Waals surface area contributed by atoms with E-state index in [1.807, 2.05) is 0 Å². The van der Waals surface area contributed by atoms with E-state index in [9.17, 15) is 18.3 Å². The Morgan fingerprint density at radius 2 is 1.79 bits per heavy atom. The van der Waals surface area contributed by atoms with Crippen LogP contribution in [-0.4, -0.2) is 14.9 Å². The largest absolute Gasteiger partial charge is 0.388 e. The van der Waals surface area contributed by atoms with Gasteiger partial charge in [-0.25, -0.2) is 13.2 Å². The molecule has 0 bridgehead atoms. The summed E-state index contributed by atoms with van der Waals surface area (Å²) in [6.07, 6.45) is -0.985. The second kappa shape index (κ2) is 5.05. The van der Waals surface area contributed by atoms with Crippen LogP contribution in [0.15, 0.2) is 18.2 Å². The van der Waals surface area contributed by atoms with Crippen molar-refractivity contribution in [2.45, 2.75) is 19.4 Å². The second-order valence-corrected chi connectivity index (χ2v) is 4.42. The summed E-state index contributed by atoms with van der Waals surface area (Å²) in [6.45, 7) is 1.80. The lowest BCUT2D eigenvalue weighted by Gasteiger charge is -2.11. The Balaban J connectivity index is 2.25. The first-order chi connectivity index (χ1) is 8.88. The third-order valence-electron chi connectivity index (χ3n) is 2.89. The summed E-state index contributed by atoms with van der Waals surface area (Å²) < 4.78 is 40.6.